The molecule has 3 rings (SSSR count). The van der Waals surface area contributed by atoms with Crippen molar-refractivity contribution in [2.75, 3.05) is 12.5 Å². The fraction of sp³-hybridized carbons (Fsp3) is 0.321. The van der Waals surface area contributed by atoms with Gasteiger partial charge < -0.3 is 5.73 Å². The number of rotatable bonds is 10. The first-order chi connectivity index (χ1) is 15.8. The molecule has 4 nitrogen and oxygen atoms in total. The van der Waals surface area contributed by atoms with Gasteiger partial charge in [0.05, 0.1) is 5.69 Å². The van der Waals surface area contributed by atoms with Crippen molar-refractivity contribution in [3.8, 4) is 0 Å². The molecule has 0 aromatic heterocycles. The van der Waals surface area contributed by atoms with E-state index in [1.807, 2.05) is 30.3 Å². The van der Waals surface area contributed by atoms with Gasteiger partial charge in [0.1, 0.15) is 0 Å². The zero-order chi connectivity index (χ0) is 23.3. The lowest BCUT2D eigenvalue weighted by Gasteiger charge is -2.07. The van der Waals surface area contributed by atoms with Gasteiger partial charge in [-0.3, -0.25) is 15.6 Å². The predicted octanol–water partition coefficient (Wildman–Crippen LogP) is 6.34. The van der Waals surface area contributed by atoms with Gasteiger partial charge >= 0.3 is 0 Å². The zero-order valence-electron chi connectivity index (χ0n) is 19.6. The maximum Gasteiger partial charge on any atom is 0.238 e. The Bertz CT molecular complexity index is 770. The van der Waals surface area contributed by atoms with Crippen LogP contribution in [0.1, 0.15) is 56.6 Å². The smallest absolute Gasteiger partial charge is 0.238 e. The predicted molar refractivity (Wildman–Crippen MR) is 137 cm³/mol. The summed E-state index contributed by atoms with van der Waals surface area (Å²) in [5, 5.41) is 0. The number of para-hydroxylation sites is 1. The Kier molecular flexibility index (Phi) is 15.7. The van der Waals surface area contributed by atoms with Crippen LogP contribution in [0.2, 0.25) is 0 Å². The molecular weight excluding hydrogens is 394 g/mol. The molecule has 3 aromatic carbocycles. The second-order valence-electron chi connectivity index (χ2n) is 7.35. The number of unbranched alkanes of at least 4 members (excludes halogenated alkanes) is 4. The van der Waals surface area contributed by atoms with Crippen LogP contribution < -0.4 is 16.6 Å². The third-order valence-corrected chi connectivity index (χ3v) is 4.72. The molecule has 0 aliphatic rings. The lowest BCUT2D eigenvalue weighted by Crippen LogP contribution is -2.28. The molecular formula is C28H39N3O. The van der Waals surface area contributed by atoms with Crippen LogP contribution in [0.4, 0.5) is 5.69 Å². The van der Waals surface area contributed by atoms with Gasteiger partial charge in [-0.2, -0.15) is 0 Å². The number of hydrogen-bond acceptors (Lipinski definition) is 3. The Morgan fingerprint density at radius 3 is 1.66 bits per heavy atom. The summed E-state index contributed by atoms with van der Waals surface area (Å²) in [6.45, 7) is 2.19. The molecule has 0 bridgehead atoms. The van der Waals surface area contributed by atoms with Gasteiger partial charge in [0.25, 0.3) is 0 Å². The molecule has 0 atom stereocenters. The van der Waals surface area contributed by atoms with Gasteiger partial charge in [-0.15, -0.1) is 0 Å². The molecule has 4 heteroatoms. The largest absolute Gasteiger partial charge is 0.333 e. The summed E-state index contributed by atoms with van der Waals surface area (Å²) in [4.78, 5) is 11.5. The number of amides is 1. The first kappa shape index (κ1) is 26.9. The third-order valence-electron chi connectivity index (χ3n) is 4.72. The van der Waals surface area contributed by atoms with Crippen LogP contribution >= 0.6 is 0 Å². The number of carbonyl (C=O) groups is 1. The molecule has 0 saturated heterocycles. The van der Waals surface area contributed by atoms with Crippen molar-refractivity contribution in [3.05, 3.63) is 102 Å². The normalized spacial score (nSPS) is 9.47. The Labute approximate surface area is 194 Å². The SMILES string of the molecule is CCCCCCCC(=O)NNc1ccccc1.CN.c1ccc(Cc2ccccc2)cc1. The summed E-state index contributed by atoms with van der Waals surface area (Å²) >= 11 is 0. The Morgan fingerprint density at radius 2 is 1.16 bits per heavy atom. The van der Waals surface area contributed by atoms with Crippen molar-refractivity contribution in [3.63, 3.8) is 0 Å². The van der Waals surface area contributed by atoms with Crippen LogP contribution in [0.5, 0.6) is 0 Å². The van der Waals surface area contributed by atoms with Crippen LogP contribution in [0.25, 0.3) is 0 Å². The maximum absolute atomic E-state index is 11.5. The molecule has 172 valence electrons. The second-order valence-corrected chi connectivity index (χ2v) is 7.35. The molecule has 0 heterocycles. The molecule has 1 amide bonds. The van der Waals surface area contributed by atoms with Crippen LogP contribution in [0.3, 0.4) is 0 Å². The number of carbonyl (C=O) groups excluding carboxylic acids is 1. The fourth-order valence-corrected chi connectivity index (χ4v) is 3.04. The molecule has 32 heavy (non-hydrogen) atoms. The van der Waals surface area contributed by atoms with Crippen molar-refractivity contribution < 1.29 is 4.79 Å². The highest BCUT2D eigenvalue weighted by molar-refractivity contribution is 5.77. The van der Waals surface area contributed by atoms with Gasteiger partial charge in [-0.05, 0) is 43.1 Å². The van der Waals surface area contributed by atoms with E-state index in [1.54, 1.807) is 0 Å². The second kappa shape index (κ2) is 18.6. The minimum absolute atomic E-state index is 0.0605. The van der Waals surface area contributed by atoms with Gasteiger partial charge in [0, 0.05) is 6.42 Å². The minimum Gasteiger partial charge on any atom is -0.333 e. The number of benzene rings is 3. The van der Waals surface area contributed by atoms with Crippen LogP contribution in [-0.4, -0.2) is 13.0 Å². The van der Waals surface area contributed by atoms with Crippen LogP contribution in [-0.2, 0) is 11.2 Å². The lowest BCUT2D eigenvalue weighted by atomic mass is 10.1. The summed E-state index contributed by atoms with van der Waals surface area (Å²) in [7, 11) is 1.50. The fourth-order valence-electron chi connectivity index (χ4n) is 3.04. The maximum atomic E-state index is 11.5. The van der Waals surface area contributed by atoms with E-state index in [-0.39, 0.29) is 5.91 Å². The van der Waals surface area contributed by atoms with E-state index < -0.39 is 0 Å². The topological polar surface area (TPSA) is 67.2 Å². The molecule has 0 saturated carbocycles. The van der Waals surface area contributed by atoms with E-state index in [0.717, 1.165) is 24.9 Å². The number of anilines is 1. The number of hydrazine groups is 1. The summed E-state index contributed by atoms with van der Waals surface area (Å²) in [6, 6.07) is 30.7. The molecule has 0 unspecified atom stereocenters. The van der Waals surface area contributed by atoms with E-state index in [1.165, 1.54) is 37.4 Å². The van der Waals surface area contributed by atoms with Gasteiger partial charge in [0.2, 0.25) is 5.91 Å². The summed E-state index contributed by atoms with van der Waals surface area (Å²) in [6.07, 6.45) is 7.49. The minimum atomic E-state index is 0.0605. The molecule has 0 fully saturated rings. The molecule has 0 aliphatic heterocycles. The van der Waals surface area contributed by atoms with E-state index in [9.17, 15) is 4.79 Å². The third kappa shape index (κ3) is 13.2. The Balaban J connectivity index is 0.000000305. The molecule has 0 spiro atoms. The van der Waals surface area contributed by atoms with Crippen molar-refractivity contribution in [1.82, 2.24) is 5.43 Å². The molecule has 3 aromatic rings. The van der Waals surface area contributed by atoms with E-state index in [0.29, 0.717) is 6.42 Å². The highest BCUT2D eigenvalue weighted by Crippen LogP contribution is 2.08. The quantitative estimate of drug-likeness (QED) is 0.258. The van der Waals surface area contributed by atoms with Crippen molar-refractivity contribution >= 4 is 11.6 Å². The summed E-state index contributed by atoms with van der Waals surface area (Å²) in [5.74, 6) is 0.0605. The van der Waals surface area contributed by atoms with Crippen molar-refractivity contribution in [2.45, 2.75) is 51.9 Å². The number of nitrogens with one attached hydrogen (secondary N) is 2. The van der Waals surface area contributed by atoms with Crippen LogP contribution in [0, 0.1) is 0 Å². The molecule has 4 N–H and O–H groups in total. The Hall–Kier alpha value is -3.11. The van der Waals surface area contributed by atoms with E-state index >= 15 is 0 Å². The molecule has 0 aliphatic carbocycles. The highest BCUT2D eigenvalue weighted by Gasteiger charge is 2.00. The standard InChI is InChI=1S/C14H22N2O.C13H12.CH5N/c1-2-3-4-5-9-12-14(17)16-15-13-10-7-6-8-11-13;1-3-7-12(8-4-1)11-13-9-5-2-6-10-13;1-2/h6-8,10-11,15H,2-5,9,12H2,1H3,(H,16,17);1-10H,11H2;2H2,1H3. The van der Waals surface area contributed by atoms with Crippen molar-refractivity contribution in [2.24, 2.45) is 5.73 Å². The Morgan fingerprint density at radius 1 is 0.688 bits per heavy atom. The van der Waals surface area contributed by atoms with E-state index in [2.05, 4.69) is 84.2 Å². The lowest BCUT2D eigenvalue weighted by molar-refractivity contribution is -0.120. The van der Waals surface area contributed by atoms with Gasteiger partial charge in [-0.1, -0.05) is 111 Å². The highest BCUT2D eigenvalue weighted by atomic mass is 16.2. The first-order valence-electron chi connectivity index (χ1n) is 11.5. The zero-order valence-corrected chi connectivity index (χ0v) is 19.6. The summed E-state index contributed by atoms with van der Waals surface area (Å²) in [5.41, 5.74) is 13.7. The van der Waals surface area contributed by atoms with E-state index in [4.69, 9.17) is 0 Å². The average Bonchev–Trinajstić information content (AvgIpc) is 2.86. The monoisotopic (exact) mass is 433 g/mol. The average molecular weight is 434 g/mol. The summed E-state index contributed by atoms with van der Waals surface area (Å²) < 4.78 is 0. The first-order valence-corrected chi connectivity index (χ1v) is 11.5. The molecule has 0 radical (unpaired) electrons. The van der Waals surface area contributed by atoms with Crippen molar-refractivity contribution in [1.29, 1.82) is 0 Å². The number of nitrogens with two attached hydrogens (primary N) is 1. The van der Waals surface area contributed by atoms with Gasteiger partial charge in [0.15, 0.2) is 0 Å². The van der Waals surface area contributed by atoms with Crippen LogP contribution in [0.15, 0.2) is 91.0 Å². The van der Waals surface area contributed by atoms with Gasteiger partial charge in [-0.25, -0.2) is 0 Å². The number of hydrogen-bond donors (Lipinski definition) is 3.